The molecule has 0 amide bonds. The summed E-state index contributed by atoms with van der Waals surface area (Å²) in [5, 5.41) is 3.39. The monoisotopic (exact) mass is 248 g/mol. The third-order valence-corrected chi connectivity index (χ3v) is 3.91. The number of rotatable bonds is 3. The second-order valence-electron chi connectivity index (χ2n) is 5.26. The molecule has 0 radical (unpaired) electrons. The molecule has 4 heteroatoms. The summed E-state index contributed by atoms with van der Waals surface area (Å²) in [4.78, 5) is 0. The van der Waals surface area contributed by atoms with Gasteiger partial charge in [0, 0.05) is 6.04 Å². The minimum Gasteiger partial charge on any atom is -0.454 e. The van der Waals surface area contributed by atoms with Gasteiger partial charge in [0.1, 0.15) is 0 Å². The number of hydrogen-bond donors (Lipinski definition) is 2. The topological polar surface area (TPSA) is 56.5 Å². The van der Waals surface area contributed by atoms with E-state index >= 15 is 0 Å². The van der Waals surface area contributed by atoms with E-state index in [0.29, 0.717) is 12.7 Å². The van der Waals surface area contributed by atoms with Crippen molar-refractivity contribution < 1.29 is 9.47 Å². The lowest BCUT2D eigenvalue weighted by molar-refractivity contribution is 0.174. The van der Waals surface area contributed by atoms with E-state index in [0.717, 1.165) is 31.0 Å². The highest BCUT2D eigenvalue weighted by atomic mass is 16.7. The van der Waals surface area contributed by atoms with Crippen LogP contribution < -0.4 is 20.5 Å². The van der Waals surface area contributed by atoms with Gasteiger partial charge in [0.15, 0.2) is 11.5 Å². The molecule has 0 saturated carbocycles. The van der Waals surface area contributed by atoms with Crippen LogP contribution in [0.3, 0.4) is 0 Å². The van der Waals surface area contributed by atoms with Crippen molar-refractivity contribution in [2.75, 3.05) is 19.9 Å². The van der Waals surface area contributed by atoms with Crippen LogP contribution in [0, 0.1) is 12.8 Å². The fourth-order valence-electron chi connectivity index (χ4n) is 2.86. The molecule has 2 aliphatic heterocycles. The van der Waals surface area contributed by atoms with Gasteiger partial charge in [-0.15, -0.1) is 0 Å². The van der Waals surface area contributed by atoms with Crippen molar-refractivity contribution in [3.05, 3.63) is 23.3 Å². The van der Waals surface area contributed by atoms with Crippen LogP contribution in [0.1, 0.15) is 30.0 Å². The van der Waals surface area contributed by atoms with Gasteiger partial charge >= 0.3 is 0 Å². The lowest BCUT2D eigenvalue weighted by Crippen LogP contribution is -2.18. The molecule has 18 heavy (non-hydrogen) atoms. The van der Waals surface area contributed by atoms with E-state index in [-0.39, 0.29) is 6.04 Å². The molecule has 2 unspecified atom stereocenters. The largest absolute Gasteiger partial charge is 0.454 e. The number of aryl methyl sites for hydroxylation is 1. The Morgan fingerprint density at radius 2 is 2.17 bits per heavy atom. The number of nitrogens with one attached hydrogen (secondary N) is 1. The third kappa shape index (κ3) is 2.18. The summed E-state index contributed by atoms with van der Waals surface area (Å²) in [6, 6.07) is 4.17. The van der Waals surface area contributed by atoms with E-state index < -0.39 is 0 Å². The lowest BCUT2D eigenvalue weighted by Gasteiger charge is -2.18. The predicted octanol–water partition coefficient (Wildman–Crippen LogP) is 1.72. The van der Waals surface area contributed by atoms with Gasteiger partial charge in [0.05, 0.1) is 0 Å². The molecule has 0 spiro atoms. The molecule has 0 aromatic heterocycles. The van der Waals surface area contributed by atoms with E-state index in [2.05, 4.69) is 12.2 Å². The molecule has 2 aliphatic rings. The van der Waals surface area contributed by atoms with Crippen molar-refractivity contribution in [1.29, 1.82) is 0 Å². The van der Waals surface area contributed by atoms with Crippen LogP contribution in [0.2, 0.25) is 0 Å². The summed E-state index contributed by atoms with van der Waals surface area (Å²) in [6.45, 7) is 4.62. The average molecular weight is 248 g/mol. The Bertz CT molecular complexity index is 442. The van der Waals surface area contributed by atoms with E-state index in [4.69, 9.17) is 15.2 Å². The molecule has 3 rings (SSSR count). The second-order valence-corrected chi connectivity index (χ2v) is 5.26. The molecule has 4 nitrogen and oxygen atoms in total. The Labute approximate surface area is 107 Å². The van der Waals surface area contributed by atoms with Gasteiger partial charge in [-0.05, 0) is 62.0 Å². The zero-order valence-electron chi connectivity index (χ0n) is 10.7. The highest BCUT2D eigenvalue weighted by Crippen LogP contribution is 2.37. The SMILES string of the molecule is Cc1cc2c(cc1C(N)CC1CCNC1)OCO2. The van der Waals surface area contributed by atoms with Crippen LogP contribution >= 0.6 is 0 Å². The van der Waals surface area contributed by atoms with Gasteiger partial charge in [-0.1, -0.05) is 0 Å². The summed E-state index contributed by atoms with van der Waals surface area (Å²) in [6.07, 6.45) is 2.27. The molecule has 1 aromatic carbocycles. The summed E-state index contributed by atoms with van der Waals surface area (Å²) < 4.78 is 10.8. The zero-order chi connectivity index (χ0) is 12.5. The summed E-state index contributed by atoms with van der Waals surface area (Å²) in [5.41, 5.74) is 8.72. The number of fused-ring (bicyclic) bond motifs is 1. The Hall–Kier alpha value is -1.26. The van der Waals surface area contributed by atoms with Crippen LogP contribution in [0.25, 0.3) is 0 Å². The van der Waals surface area contributed by atoms with E-state index in [1.54, 1.807) is 0 Å². The van der Waals surface area contributed by atoms with Crippen LogP contribution in [0.5, 0.6) is 11.5 Å². The first-order valence-corrected chi connectivity index (χ1v) is 6.60. The van der Waals surface area contributed by atoms with E-state index in [9.17, 15) is 0 Å². The predicted molar refractivity (Wildman–Crippen MR) is 69.8 cm³/mol. The summed E-state index contributed by atoms with van der Waals surface area (Å²) >= 11 is 0. The Morgan fingerprint density at radius 3 is 2.89 bits per heavy atom. The minimum absolute atomic E-state index is 0.0874. The van der Waals surface area contributed by atoms with Crippen molar-refractivity contribution in [2.24, 2.45) is 11.7 Å². The fraction of sp³-hybridized carbons (Fsp3) is 0.571. The van der Waals surface area contributed by atoms with Gasteiger partial charge < -0.3 is 20.5 Å². The van der Waals surface area contributed by atoms with Gasteiger partial charge in [-0.3, -0.25) is 0 Å². The number of ether oxygens (including phenoxy) is 2. The van der Waals surface area contributed by atoms with Crippen LogP contribution in [0.4, 0.5) is 0 Å². The third-order valence-electron chi connectivity index (χ3n) is 3.91. The molecule has 1 aromatic rings. The average Bonchev–Trinajstić information content (AvgIpc) is 2.98. The molecule has 3 N–H and O–H groups in total. The molecule has 2 heterocycles. The van der Waals surface area contributed by atoms with Crippen LogP contribution in [-0.2, 0) is 0 Å². The molecular weight excluding hydrogens is 228 g/mol. The number of benzene rings is 1. The van der Waals surface area contributed by atoms with Crippen molar-refractivity contribution in [3.8, 4) is 11.5 Å². The van der Waals surface area contributed by atoms with Crippen molar-refractivity contribution in [1.82, 2.24) is 5.32 Å². The van der Waals surface area contributed by atoms with Crippen LogP contribution in [-0.4, -0.2) is 19.9 Å². The fourth-order valence-corrected chi connectivity index (χ4v) is 2.86. The maximum Gasteiger partial charge on any atom is 0.231 e. The van der Waals surface area contributed by atoms with Crippen molar-refractivity contribution in [3.63, 3.8) is 0 Å². The smallest absolute Gasteiger partial charge is 0.231 e. The lowest BCUT2D eigenvalue weighted by atomic mass is 9.92. The Kier molecular flexibility index (Phi) is 3.14. The number of hydrogen-bond acceptors (Lipinski definition) is 4. The molecule has 0 bridgehead atoms. The first-order valence-electron chi connectivity index (χ1n) is 6.60. The highest BCUT2D eigenvalue weighted by molar-refractivity contribution is 5.49. The van der Waals surface area contributed by atoms with Gasteiger partial charge in [-0.25, -0.2) is 0 Å². The number of nitrogens with two attached hydrogens (primary N) is 1. The Balaban J connectivity index is 1.78. The molecule has 2 atom stereocenters. The molecule has 98 valence electrons. The first kappa shape index (κ1) is 11.8. The van der Waals surface area contributed by atoms with Crippen molar-refractivity contribution >= 4 is 0 Å². The quantitative estimate of drug-likeness (QED) is 0.855. The van der Waals surface area contributed by atoms with E-state index in [1.807, 2.05) is 12.1 Å². The minimum atomic E-state index is 0.0874. The second kappa shape index (κ2) is 4.78. The van der Waals surface area contributed by atoms with Gasteiger partial charge in [0.2, 0.25) is 6.79 Å². The molecule has 1 fully saturated rings. The standard InChI is InChI=1S/C14H20N2O2/c1-9-4-13-14(18-8-17-13)6-11(9)12(15)5-10-2-3-16-7-10/h4,6,10,12,16H,2-3,5,7-8,15H2,1H3. The first-order chi connectivity index (χ1) is 8.74. The maximum absolute atomic E-state index is 6.35. The molecular formula is C14H20N2O2. The van der Waals surface area contributed by atoms with Crippen LogP contribution in [0.15, 0.2) is 12.1 Å². The maximum atomic E-state index is 6.35. The Morgan fingerprint density at radius 1 is 1.39 bits per heavy atom. The highest BCUT2D eigenvalue weighted by Gasteiger charge is 2.22. The van der Waals surface area contributed by atoms with E-state index in [1.165, 1.54) is 17.5 Å². The summed E-state index contributed by atoms with van der Waals surface area (Å²) in [5.74, 6) is 2.37. The van der Waals surface area contributed by atoms with Gasteiger partial charge in [0.25, 0.3) is 0 Å². The van der Waals surface area contributed by atoms with Crippen molar-refractivity contribution in [2.45, 2.75) is 25.8 Å². The zero-order valence-corrected chi connectivity index (χ0v) is 10.7. The molecule has 0 aliphatic carbocycles. The normalized spacial score (nSPS) is 23.3. The molecule has 1 saturated heterocycles. The van der Waals surface area contributed by atoms with Gasteiger partial charge in [-0.2, -0.15) is 0 Å². The summed E-state index contributed by atoms with van der Waals surface area (Å²) in [7, 11) is 0.